The molecule has 0 spiro atoms. The van der Waals surface area contributed by atoms with Crippen molar-refractivity contribution < 1.29 is 8.42 Å². The minimum Gasteiger partial charge on any atom is -0.382 e. The fourth-order valence-corrected chi connectivity index (χ4v) is 5.20. The lowest BCUT2D eigenvalue weighted by molar-refractivity contribution is 0.486. The summed E-state index contributed by atoms with van der Waals surface area (Å²) in [7, 11) is -3.35. The van der Waals surface area contributed by atoms with Gasteiger partial charge in [-0.15, -0.1) is 0 Å². The molecule has 0 aliphatic heterocycles. The van der Waals surface area contributed by atoms with E-state index in [0.717, 1.165) is 25.9 Å². The Morgan fingerprint density at radius 1 is 1.24 bits per heavy atom. The molecule has 0 radical (unpaired) electrons. The first-order valence-electron chi connectivity index (χ1n) is 7.63. The van der Waals surface area contributed by atoms with E-state index in [1.807, 2.05) is 13.8 Å². The summed E-state index contributed by atoms with van der Waals surface area (Å²) >= 11 is 1.20. The first-order chi connectivity index (χ1) is 9.91. The average Bonchev–Trinajstić information content (AvgIpc) is 2.83. The number of nitrogens with two attached hydrogens (primary N) is 1. The predicted molar refractivity (Wildman–Crippen MR) is 90.8 cm³/mol. The summed E-state index contributed by atoms with van der Waals surface area (Å²) in [5.41, 5.74) is 5.84. The van der Waals surface area contributed by atoms with Crippen molar-refractivity contribution in [3.63, 3.8) is 0 Å². The van der Waals surface area contributed by atoms with Crippen LogP contribution in [0.3, 0.4) is 0 Å². The van der Waals surface area contributed by atoms with Gasteiger partial charge in [-0.2, -0.15) is 4.37 Å². The monoisotopic (exact) mass is 333 g/mol. The molecule has 5 nitrogen and oxygen atoms in total. The van der Waals surface area contributed by atoms with E-state index in [1.54, 1.807) is 0 Å². The van der Waals surface area contributed by atoms with Crippen molar-refractivity contribution in [2.75, 3.05) is 29.5 Å². The summed E-state index contributed by atoms with van der Waals surface area (Å²) < 4.78 is 29.0. The van der Waals surface area contributed by atoms with E-state index in [9.17, 15) is 8.42 Å². The number of hydrogen-bond donors (Lipinski definition) is 1. The van der Waals surface area contributed by atoms with Crippen LogP contribution in [0.4, 0.5) is 10.8 Å². The Morgan fingerprint density at radius 3 is 2.33 bits per heavy atom. The highest BCUT2D eigenvalue weighted by Crippen LogP contribution is 2.36. The second-order valence-electron chi connectivity index (χ2n) is 5.24. The molecule has 0 aromatic carbocycles. The molecule has 0 fully saturated rings. The Kier molecular flexibility index (Phi) is 6.93. The molecule has 1 aromatic heterocycles. The Hall–Kier alpha value is -0.820. The molecule has 0 unspecified atom stereocenters. The Labute approximate surface area is 132 Å². The summed E-state index contributed by atoms with van der Waals surface area (Å²) in [6.07, 6.45) is 2.74. The van der Waals surface area contributed by atoms with Crippen LogP contribution in [0.1, 0.15) is 47.0 Å². The fraction of sp³-hybridized carbons (Fsp3) is 0.786. The Bertz CT molecular complexity index is 536. The maximum Gasteiger partial charge on any atom is 0.185 e. The van der Waals surface area contributed by atoms with Gasteiger partial charge in [0.15, 0.2) is 15.7 Å². The van der Waals surface area contributed by atoms with Crippen LogP contribution in [0.5, 0.6) is 0 Å². The lowest BCUT2D eigenvalue weighted by atomic mass is 10.0. The van der Waals surface area contributed by atoms with Gasteiger partial charge in [-0.3, -0.25) is 0 Å². The van der Waals surface area contributed by atoms with Crippen LogP contribution >= 0.6 is 11.5 Å². The van der Waals surface area contributed by atoms with Crippen molar-refractivity contribution in [3.8, 4) is 0 Å². The maximum atomic E-state index is 12.4. The minimum atomic E-state index is -3.35. The number of anilines is 2. The number of sulfone groups is 1. The molecule has 0 saturated heterocycles. The molecule has 0 aliphatic rings. The molecule has 0 amide bonds. The maximum absolute atomic E-state index is 12.4. The summed E-state index contributed by atoms with van der Waals surface area (Å²) in [6.45, 7) is 9.83. The molecule has 0 bridgehead atoms. The van der Waals surface area contributed by atoms with E-state index in [0.29, 0.717) is 17.3 Å². The fourth-order valence-electron chi connectivity index (χ4n) is 2.36. The molecular formula is C14H27N3O2S2. The molecule has 1 rings (SSSR count). The summed E-state index contributed by atoms with van der Waals surface area (Å²) in [4.78, 5) is 2.34. The molecule has 2 N–H and O–H groups in total. The molecule has 0 saturated carbocycles. The van der Waals surface area contributed by atoms with Crippen LogP contribution < -0.4 is 10.6 Å². The van der Waals surface area contributed by atoms with E-state index in [-0.39, 0.29) is 16.5 Å². The average molecular weight is 334 g/mol. The molecule has 7 heteroatoms. The van der Waals surface area contributed by atoms with Gasteiger partial charge in [0, 0.05) is 13.1 Å². The van der Waals surface area contributed by atoms with Gasteiger partial charge in [-0.25, -0.2) is 8.42 Å². The third-order valence-electron chi connectivity index (χ3n) is 3.74. The van der Waals surface area contributed by atoms with Gasteiger partial charge in [-0.1, -0.05) is 33.6 Å². The van der Waals surface area contributed by atoms with Crippen molar-refractivity contribution in [3.05, 3.63) is 0 Å². The van der Waals surface area contributed by atoms with Gasteiger partial charge in [-0.05, 0) is 30.8 Å². The molecule has 0 atom stereocenters. The molecule has 1 heterocycles. The summed E-state index contributed by atoms with van der Waals surface area (Å²) in [5, 5.41) is 0.704. The third-order valence-corrected chi connectivity index (χ3v) is 6.77. The molecular weight excluding hydrogens is 306 g/mol. The topological polar surface area (TPSA) is 76.3 Å². The second-order valence-corrected chi connectivity index (χ2v) is 8.04. The van der Waals surface area contributed by atoms with Crippen molar-refractivity contribution >= 4 is 32.2 Å². The quantitative estimate of drug-likeness (QED) is 0.751. The van der Waals surface area contributed by atoms with Crippen LogP contribution in [-0.4, -0.2) is 31.6 Å². The van der Waals surface area contributed by atoms with Crippen LogP contribution in [0, 0.1) is 5.92 Å². The summed E-state index contributed by atoms with van der Waals surface area (Å²) in [5.74, 6) is 0.812. The Balaban J connectivity index is 3.17. The Morgan fingerprint density at radius 2 is 1.86 bits per heavy atom. The highest BCUT2D eigenvalue weighted by atomic mass is 32.2. The van der Waals surface area contributed by atoms with Crippen LogP contribution in [-0.2, 0) is 9.84 Å². The van der Waals surface area contributed by atoms with Crippen molar-refractivity contribution in [2.45, 2.75) is 51.9 Å². The SMILES string of the molecule is CCCS(=O)(=O)c1c(N)nsc1N(CC)CC(CC)CC. The number of hydrogen-bond acceptors (Lipinski definition) is 6. The minimum absolute atomic E-state index is 0.116. The highest BCUT2D eigenvalue weighted by Gasteiger charge is 2.28. The first-order valence-corrected chi connectivity index (χ1v) is 10.1. The number of nitrogen functional groups attached to an aromatic ring is 1. The van der Waals surface area contributed by atoms with Crippen molar-refractivity contribution in [2.24, 2.45) is 5.92 Å². The van der Waals surface area contributed by atoms with Crippen LogP contribution in [0.15, 0.2) is 4.90 Å². The highest BCUT2D eigenvalue weighted by molar-refractivity contribution is 7.91. The van der Waals surface area contributed by atoms with Crippen LogP contribution in [0.2, 0.25) is 0 Å². The van der Waals surface area contributed by atoms with E-state index >= 15 is 0 Å². The smallest absolute Gasteiger partial charge is 0.185 e. The van der Waals surface area contributed by atoms with E-state index < -0.39 is 9.84 Å². The predicted octanol–water partition coefficient (Wildman–Crippen LogP) is 3.17. The normalized spacial score (nSPS) is 12.0. The molecule has 0 aliphatic carbocycles. The van der Waals surface area contributed by atoms with Gasteiger partial charge < -0.3 is 10.6 Å². The van der Waals surface area contributed by atoms with Gasteiger partial charge in [0.1, 0.15) is 9.90 Å². The van der Waals surface area contributed by atoms with Gasteiger partial charge in [0.2, 0.25) is 0 Å². The lowest BCUT2D eigenvalue weighted by Crippen LogP contribution is -2.29. The van der Waals surface area contributed by atoms with Gasteiger partial charge in [0.25, 0.3) is 0 Å². The van der Waals surface area contributed by atoms with Crippen molar-refractivity contribution in [1.82, 2.24) is 4.37 Å². The summed E-state index contributed by atoms with van der Waals surface area (Å²) in [6, 6.07) is 0. The van der Waals surface area contributed by atoms with Crippen molar-refractivity contribution in [1.29, 1.82) is 0 Å². The number of aromatic nitrogens is 1. The first kappa shape index (κ1) is 18.2. The molecule has 21 heavy (non-hydrogen) atoms. The van der Waals surface area contributed by atoms with Crippen LogP contribution in [0.25, 0.3) is 0 Å². The molecule has 1 aromatic rings. The third kappa shape index (κ3) is 4.32. The van der Waals surface area contributed by atoms with E-state index in [4.69, 9.17) is 5.73 Å². The van der Waals surface area contributed by atoms with E-state index in [1.165, 1.54) is 11.5 Å². The van der Waals surface area contributed by atoms with Gasteiger partial charge >= 0.3 is 0 Å². The standard InChI is InChI=1S/C14H27N3O2S2/c1-5-9-21(18,19)12-13(15)16-20-14(12)17(8-4)10-11(6-2)7-3/h11H,5-10H2,1-4H3,(H2,15,16). The largest absolute Gasteiger partial charge is 0.382 e. The second kappa shape index (κ2) is 7.98. The van der Waals surface area contributed by atoms with E-state index in [2.05, 4.69) is 23.1 Å². The lowest BCUT2D eigenvalue weighted by Gasteiger charge is -2.26. The zero-order valence-electron chi connectivity index (χ0n) is 13.4. The molecule has 122 valence electrons. The number of nitrogens with zero attached hydrogens (tertiary/aromatic N) is 2. The zero-order chi connectivity index (χ0) is 16.0. The zero-order valence-corrected chi connectivity index (χ0v) is 15.1. The van der Waals surface area contributed by atoms with Gasteiger partial charge in [0.05, 0.1) is 5.75 Å². The number of rotatable bonds is 9.